The molecule has 0 aliphatic heterocycles. The summed E-state index contributed by atoms with van der Waals surface area (Å²) in [6.07, 6.45) is 0. The van der Waals surface area contributed by atoms with Gasteiger partial charge in [-0.15, -0.1) is 0 Å². The van der Waals surface area contributed by atoms with Crippen molar-refractivity contribution in [2.45, 2.75) is 0 Å². The lowest BCUT2D eigenvalue weighted by molar-refractivity contribution is 1.76. The monoisotopic (exact) mass is 300 g/mol. The van der Waals surface area contributed by atoms with Gasteiger partial charge in [0.15, 0.2) is 0 Å². The van der Waals surface area contributed by atoms with Crippen LogP contribution in [0.3, 0.4) is 0 Å². The van der Waals surface area contributed by atoms with E-state index in [9.17, 15) is 0 Å². The molecular formula is C21H17P. The summed E-state index contributed by atoms with van der Waals surface area (Å²) in [5, 5.41) is 8.37. The molecule has 0 saturated carbocycles. The minimum absolute atomic E-state index is 0.370. The maximum Gasteiger partial charge on any atom is -0.00417 e. The molecule has 4 aromatic carbocycles. The van der Waals surface area contributed by atoms with Crippen LogP contribution < -0.4 is 10.6 Å². The summed E-state index contributed by atoms with van der Waals surface area (Å²) < 4.78 is 0. The second kappa shape index (κ2) is 5.55. The first-order valence-electron chi connectivity index (χ1n) is 7.54. The van der Waals surface area contributed by atoms with E-state index in [1.807, 2.05) is 0 Å². The van der Waals surface area contributed by atoms with Crippen LogP contribution in [0, 0.1) is 0 Å². The van der Waals surface area contributed by atoms with Crippen LogP contribution in [0.25, 0.3) is 21.5 Å². The van der Waals surface area contributed by atoms with Crippen molar-refractivity contribution in [2.75, 3.05) is 6.66 Å². The molecule has 0 aliphatic carbocycles. The van der Waals surface area contributed by atoms with E-state index in [1.165, 1.54) is 32.2 Å². The summed E-state index contributed by atoms with van der Waals surface area (Å²) in [4.78, 5) is 0. The Labute approximate surface area is 132 Å². The van der Waals surface area contributed by atoms with E-state index in [2.05, 4.69) is 91.6 Å². The van der Waals surface area contributed by atoms with E-state index in [-0.39, 0.29) is 7.92 Å². The second-order valence-electron chi connectivity index (χ2n) is 5.56. The summed E-state index contributed by atoms with van der Waals surface area (Å²) in [6.45, 7) is 2.37. The Kier molecular flexibility index (Phi) is 3.41. The van der Waals surface area contributed by atoms with Crippen LogP contribution in [0.1, 0.15) is 0 Å². The van der Waals surface area contributed by atoms with Crippen molar-refractivity contribution >= 4 is 40.1 Å². The summed E-state index contributed by atoms with van der Waals surface area (Å²) in [7, 11) is -0.370. The first-order valence-corrected chi connectivity index (χ1v) is 9.33. The van der Waals surface area contributed by atoms with E-state index < -0.39 is 0 Å². The highest BCUT2D eigenvalue weighted by Crippen LogP contribution is 2.36. The fraction of sp³-hybridized carbons (Fsp3) is 0.0476. The number of benzene rings is 4. The van der Waals surface area contributed by atoms with E-state index in [0.717, 1.165) is 0 Å². The Morgan fingerprint density at radius 3 is 1.68 bits per heavy atom. The highest BCUT2D eigenvalue weighted by atomic mass is 31.1. The van der Waals surface area contributed by atoms with Crippen LogP contribution in [0.2, 0.25) is 0 Å². The molecule has 0 aliphatic rings. The third-order valence-corrected chi connectivity index (χ3v) is 6.45. The number of rotatable bonds is 2. The van der Waals surface area contributed by atoms with Crippen molar-refractivity contribution in [3.05, 3.63) is 84.9 Å². The lowest BCUT2D eigenvalue weighted by atomic mass is 10.0. The SMILES string of the molecule is CP(c1ccccc1)c1c2ccccc2cc2ccccc12. The van der Waals surface area contributed by atoms with Crippen LogP contribution >= 0.6 is 7.92 Å². The minimum atomic E-state index is -0.370. The highest BCUT2D eigenvalue weighted by molar-refractivity contribution is 7.73. The molecule has 1 heteroatoms. The third kappa shape index (κ3) is 2.21. The molecule has 106 valence electrons. The normalized spacial score (nSPS) is 12.6. The van der Waals surface area contributed by atoms with E-state index in [4.69, 9.17) is 0 Å². The Hall–Kier alpha value is -2.17. The summed E-state index contributed by atoms with van der Waals surface area (Å²) in [5.74, 6) is 0. The van der Waals surface area contributed by atoms with Gasteiger partial charge in [-0.2, -0.15) is 0 Å². The lowest BCUT2D eigenvalue weighted by Gasteiger charge is -2.19. The largest absolute Gasteiger partial charge is 0.0622 e. The zero-order chi connectivity index (χ0) is 14.9. The predicted octanol–water partition coefficient (Wildman–Crippen LogP) is 5.06. The van der Waals surface area contributed by atoms with Gasteiger partial charge in [-0.05, 0) is 52.8 Å². The van der Waals surface area contributed by atoms with E-state index in [1.54, 1.807) is 0 Å². The van der Waals surface area contributed by atoms with Crippen molar-refractivity contribution in [3.63, 3.8) is 0 Å². The van der Waals surface area contributed by atoms with Crippen LogP contribution in [0.4, 0.5) is 0 Å². The second-order valence-corrected chi connectivity index (χ2v) is 7.64. The molecule has 0 N–H and O–H groups in total. The molecule has 0 aromatic heterocycles. The average molecular weight is 300 g/mol. The fourth-order valence-corrected chi connectivity index (χ4v) is 5.14. The Bertz CT molecular complexity index is 887. The van der Waals surface area contributed by atoms with Crippen molar-refractivity contribution in [1.29, 1.82) is 0 Å². The van der Waals surface area contributed by atoms with Gasteiger partial charge in [0, 0.05) is 0 Å². The summed E-state index contributed by atoms with van der Waals surface area (Å²) in [6, 6.07) is 30.7. The molecule has 0 nitrogen and oxygen atoms in total. The molecule has 4 aromatic rings. The average Bonchev–Trinajstić information content (AvgIpc) is 2.60. The van der Waals surface area contributed by atoms with Crippen molar-refractivity contribution in [3.8, 4) is 0 Å². The first-order chi connectivity index (χ1) is 10.8. The molecule has 0 saturated heterocycles. The smallest absolute Gasteiger partial charge is 0.00417 e. The van der Waals surface area contributed by atoms with E-state index >= 15 is 0 Å². The molecule has 0 bridgehead atoms. The Balaban J connectivity index is 2.08. The molecule has 22 heavy (non-hydrogen) atoms. The number of hydrogen-bond acceptors (Lipinski definition) is 0. The van der Waals surface area contributed by atoms with Crippen LogP contribution in [-0.4, -0.2) is 6.66 Å². The van der Waals surface area contributed by atoms with Crippen LogP contribution in [-0.2, 0) is 0 Å². The molecular weight excluding hydrogens is 283 g/mol. The zero-order valence-corrected chi connectivity index (χ0v) is 13.4. The molecule has 4 rings (SSSR count). The molecule has 0 radical (unpaired) electrons. The fourth-order valence-electron chi connectivity index (χ4n) is 3.13. The van der Waals surface area contributed by atoms with Gasteiger partial charge in [-0.25, -0.2) is 0 Å². The molecule has 0 fully saturated rings. The summed E-state index contributed by atoms with van der Waals surface area (Å²) in [5.41, 5.74) is 0. The molecule has 1 unspecified atom stereocenters. The maximum atomic E-state index is 2.37. The predicted molar refractivity (Wildman–Crippen MR) is 100 cm³/mol. The Morgan fingerprint density at radius 2 is 1.09 bits per heavy atom. The zero-order valence-electron chi connectivity index (χ0n) is 12.5. The number of fused-ring (bicyclic) bond motifs is 2. The van der Waals surface area contributed by atoms with Crippen LogP contribution in [0.15, 0.2) is 84.9 Å². The molecule has 0 amide bonds. The van der Waals surface area contributed by atoms with Gasteiger partial charge in [0.25, 0.3) is 0 Å². The lowest BCUT2D eigenvalue weighted by Crippen LogP contribution is -2.12. The van der Waals surface area contributed by atoms with Crippen molar-refractivity contribution < 1.29 is 0 Å². The quantitative estimate of drug-likeness (QED) is 0.359. The maximum absolute atomic E-state index is 2.37. The van der Waals surface area contributed by atoms with E-state index in [0.29, 0.717) is 0 Å². The van der Waals surface area contributed by atoms with Gasteiger partial charge in [0.1, 0.15) is 0 Å². The van der Waals surface area contributed by atoms with Gasteiger partial charge in [0.05, 0.1) is 0 Å². The Morgan fingerprint density at radius 1 is 0.591 bits per heavy atom. The van der Waals surface area contributed by atoms with Crippen LogP contribution in [0.5, 0.6) is 0 Å². The van der Waals surface area contributed by atoms with Gasteiger partial charge < -0.3 is 0 Å². The van der Waals surface area contributed by atoms with Gasteiger partial charge in [-0.1, -0.05) is 78.9 Å². The standard InChI is InChI=1S/C21H17P/c1-22(18-11-3-2-4-12-18)21-19-13-7-5-9-16(19)15-17-10-6-8-14-20(17)21/h2-15H,1H3. The van der Waals surface area contributed by atoms with Gasteiger partial charge in [0.2, 0.25) is 0 Å². The third-order valence-electron chi connectivity index (χ3n) is 4.22. The highest BCUT2D eigenvalue weighted by Gasteiger charge is 2.14. The van der Waals surface area contributed by atoms with Crippen molar-refractivity contribution in [2.24, 2.45) is 0 Å². The minimum Gasteiger partial charge on any atom is -0.0622 e. The van der Waals surface area contributed by atoms with Gasteiger partial charge in [-0.3, -0.25) is 0 Å². The topological polar surface area (TPSA) is 0 Å². The summed E-state index contributed by atoms with van der Waals surface area (Å²) >= 11 is 0. The molecule has 0 heterocycles. The van der Waals surface area contributed by atoms with Crippen molar-refractivity contribution in [1.82, 2.24) is 0 Å². The van der Waals surface area contributed by atoms with Gasteiger partial charge >= 0.3 is 0 Å². The molecule has 0 spiro atoms. The number of hydrogen-bond donors (Lipinski definition) is 0. The first kappa shape index (κ1) is 13.5. The molecule has 1 atom stereocenters.